The number of rotatable bonds is 2. The number of anilines is 1. The molecule has 1 aromatic heterocycles. The van der Waals surface area contributed by atoms with Crippen molar-refractivity contribution in [3.63, 3.8) is 0 Å². The molecule has 1 amide bonds. The molecule has 1 aliphatic rings. The van der Waals surface area contributed by atoms with Crippen molar-refractivity contribution in [3.05, 3.63) is 34.7 Å². The zero-order valence-corrected chi connectivity index (χ0v) is 11.0. The van der Waals surface area contributed by atoms with Crippen LogP contribution in [0.5, 0.6) is 0 Å². The maximum Gasteiger partial charge on any atom is 0.227 e. The Morgan fingerprint density at radius 1 is 1.28 bits per heavy atom. The maximum atomic E-state index is 11.6. The van der Waals surface area contributed by atoms with Gasteiger partial charge >= 0.3 is 0 Å². The highest BCUT2D eigenvalue weighted by molar-refractivity contribution is 7.09. The maximum absolute atomic E-state index is 11.6. The number of carbonyl (C=O) groups excluding carboxylic acids is 1. The zero-order chi connectivity index (χ0) is 12.5. The van der Waals surface area contributed by atoms with Gasteiger partial charge in [-0.1, -0.05) is 12.1 Å². The summed E-state index contributed by atoms with van der Waals surface area (Å²) >= 11 is 1.65. The van der Waals surface area contributed by atoms with Crippen LogP contribution in [0.1, 0.15) is 17.8 Å². The first-order chi connectivity index (χ1) is 8.74. The van der Waals surface area contributed by atoms with Gasteiger partial charge in [-0.25, -0.2) is 4.98 Å². The van der Waals surface area contributed by atoms with Gasteiger partial charge in [0.05, 0.1) is 10.7 Å². The second-order valence-corrected chi connectivity index (χ2v) is 5.51. The van der Waals surface area contributed by atoms with Crippen LogP contribution in [-0.4, -0.2) is 17.4 Å². The fourth-order valence-electron chi connectivity index (χ4n) is 2.23. The predicted molar refractivity (Wildman–Crippen MR) is 73.9 cm³/mol. The smallest absolute Gasteiger partial charge is 0.227 e. The van der Waals surface area contributed by atoms with E-state index in [1.807, 2.05) is 36.1 Å². The standard InChI is InChI=1S/C14H14N2OS/c1-10-15-13(9-18-10)11-4-6-12(7-5-11)16-8-2-3-14(16)17/h4-7,9H,2-3,8H2,1H3. The average molecular weight is 258 g/mol. The molecule has 3 rings (SSSR count). The van der Waals surface area contributed by atoms with Crippen molar-refractivity contribution < 1.29 is 4.79 Å². The van der Waals surface area contributed by atoms with Crippen molar-refractivity contribution in [2.75, 3.05) is 11.4 Å². The van der Waals surface area contributed by atoms with Crippen molar-refractivity contribution in [2.24, 2.45) is 0 Å². The normalized spacial score (nSPS) is 15.4. The minimum Gasteiger partial charge on any atom is -0.312 e. The Labute approximate surface area is 110 Å². The third-order valence-electron chi connectivity index (χ3n) is 3.17. The van der Waals surface area contributed by atoms with Crippen molar-refractivity contribution in [1.82, 2.24) is 4.98 Å². The number of aromatic nitrogens is 1. The molecule has 2 heterocycles. The molecule has 4 heteroatoms. The first kappa shape index (κ1) is 11.4. The summed E-state index contributed by atoms with van der Waals surface area (Å²) < 4.78 is 0. The first-order valence-electron chi connectivity index (χ1n) is 6.07. The van der Waals surface area contributed by atoms with E-state index >= 15 is 0 Å². The van der Waals surface area contributed by atoms with Gasteiger partial charge in [0.25, 0.3) is 0 Å². The predicted octanol–water partition coefficient (Wildman–Crippen LogP) is 3.25. The van der Waals surface area contributed by atoms with Crippen LogP contribution in [0.25, 0.3) is 11.3 Å². The summed E-state index contributed by atoms with van der Waals surface area (Å²) in [6, 6.07) is 8.09. The Bertz CT molecular complexity index is 574. The molecule has 2 aromatic rings. The van der Waals surface area contributed by atoms with Gasteiger partial charge in [-0.05, 0) is 25.5 Å². The van der Waals surface area contributed by atoms with Crippen molar-refractivity contribution in [2.45, 2.75) is 19.8 Å². The molecular formula is C14H14N2OS. The Balaban J connectivity index is 1.87. The number of amides is 1. The van der Waals surface area contributed by atoms with Gasteiger partial charge in [-0.3, -0.25) is 4.79 Å². The van der Waals surface area contributed by atoms with E-state index in [0.717, 1.165) is 34.9 Å². The number of hydrogen-bond acceptors (Lipinski definition) is 3. The Kier molecular flexibility index (Phi) is 2.88. The third-order valence-corrected chi connectivity index (χ3v) is 3.94. The van der Waals surface area contributed by atoms with Crippen LogP contribution in [0, 0.1) is 6.92 Å². The lowest BCUT2D eigenvalue weighted by Gasteiger charge is -2.15. The molecule has 1 fully saturated rings. The topological polar surface area (TPSA) is 33.2 Å². The molecule has 18 heavy (non-hydrogen) atoms. The molecule has 0 saturated carbocycles. The fraction of sp³-hybridized carbons (Fsp3) is 0.286. The molecule has 0 spiro atoms. The summed E-state index contributed by atoms with van der Waals surface area (Å²) in [7, 11) is 0. The van der Waals surface area contributed by atoms with Crippen LogP contribution >= 0.6 is 11.3 Å². The van der Waals surface area contributed by atoms with Gasteiger partial charge in [0.2, 0.25) is 5.91 Å². The number of benzene rings is 1. The Morgan fingerprint density at radius 3 is 2.61 bits per heavy atom. The summed E-state index contributed by atoms with van der Waals surface area (Å²) in [5.41, 5.74) is 3.11. The molecule has 1 aliphatic heterocycles. The molecule has 1 saturated heterocycles. The highest BCUT2D eigenvalue weighted by Gasteiger charge is 2.21. The summed E-state index contributed by atoms with van der Waals surface area (Å²) in [5.74, 6) is 0.229. The average Bonchev–Trinajstić information content (AvgIpc) is 2.98. The summed E-state index contributed by atoms with van der Waals surface area (Å²) in [6.07, 6.45) is 1.64. The van der Waals surface area contributed by atoms with Crippen LogP contribution in [0.15, 0.2) is 29.6 Å². The molecule has 0 N–H and O–H groups in total. The van der Waals surface area contributed by atoms with E-state index in [-0.39, 0.29) is 5.91 Å². The lowest BCUT2D eigenvalue weighted by atomic mass is 10.1. The van der Waals surface area contributed by atoms with Gasteiger partial charge in [0.15, 0.2) is 0 Å². The quantitative estimate of drug-likeness (QED) is 0.828. The Hall–Kier alpha value is -1.68. The second-order valence-electron chi connectivity index (χ2n) is 4.45. The van der Waals surface area contributed by atoms with Crippen LogP contribution in [-0.2, 0) is 4.79 Å². The van der Waals surface area contributed by atoms with Gasteiger partial charge in [0, 0.05) is 29.6 Å². The number of thiazole rings is 1. The molecule has 0 aliphatic carbocycles. The minimum atomic E-state index is 0.229. The second kappa shape index (κ2) is 4.53. The highest BCUT2D eigenvalue weighted by atomic mass is 32.1. The van der Waals surface area contributed by atoms with Crippen LogP contribution in [0.4, 0.5) is 5.69 Å². The van der Waals surface area contributed by atoms with Crippen LogP contribution in [0.3, 0.4) is 0 Å². The largest absolute Gasteiger partial charge is 0.312 e. The van der Waals surface area contributed by atoms with E-state index in [4.69, 9.17) is 0 Å². The molecule has 0 radical (unpaired) electrons. The number of carbonyl (C=O) groups is 1. The van der Waals surface area contributed by atoms with E-state index in [9.17, 15) is 4.79 Å². The molecule has 1 aromatic carbocycles. The summed E-state index contributed by atoms with van der Waals surface area (Å²) in [5, 5.41) is 3.13. The molecule has 0 atom stereocenters. The van der Waals surface area contributed by atoms with E-state index < -0.39 is 0 Å². The molecule has 0 bridgehead atoms. The summed E-state index contributed by atoms with van der Waals surface area (Å²) in [6.45, 7) is 2.85. The molecular weight excluding hydrogens is 244 g/mol. The van der Waals surface area contributed by atoms with E-state index in [1.54, 1.807) is 11.3 Å². The SMILES string of the molecule is Cc1nc(-c2ccc(N3CCCC3=O)cc2)cs1. The van der Waals surface area contributed by atoms with Gasteiger partial charge in [0.1, 0.15) is 0 Å². The molecule has 92 valence electrons. The minimum absolute atomic E-state index is 0.229. The molecule has 3 nitrogen and oxygen atoms in total. The van der Waals surface area contributed by atoms with Crippen molar-refractivity contribution >= 4 is 22.9 Å². The van der Waals surface area contributed by atoms with E-state index in [0.29, 0.717) is 6.42 Å². The van der Waals surface area contributed by atoms with Crippen LogP contribution < -0.4 is 4.90 Å². The lowest BCUT2D eigenvalue weighted by molar-refractivity contribution is -0.117. The molecule has 0 unspecified atom stereocenters. The van der Waals surface area contributed by atoms with E-state index in [1.165, 1.54) is 0 Å². The van der Waals surface area contributed by atoms with Gasteiger partial charge in [-0.15, -0.1) is 11.3 Å². The first-order valence-corrected chi connectivity index (χ1v) is 6.95. The zero-order valence-electron chi connectivity index (χ0n) is 10.2. The van der Waals surface area contributed by atoms with Crippen LogP contribution in [0.2, 0.25) is 0 Å². The van der Waals surface area contributed by atoms with Gasteiger partial charge < -0.3 is 4.90 Å². The van der Waals surface area contributed by atoms with E-state index in [2.05, 4.69) is 10.4 Å². The van der Waals surface area contributed by atoms with Crippen molar-refractivity contribution in [1.29, 1.82) is 0 Å². The monoisotopic (exact) mass is 258 g/mol. The summed E-state index contributed by atoms with van der Waals surface area (Å²) in [4.78, 5) is 18.0. The van der Waals surface area contributed by atoms with Crippen molar-refractivity contribution in [3.8, 4) is 11.3 Å². The highest BCUT2D eigenvalue weighted by Crippen LogP contribution is 2.26. The number of nitrogens with zero attached hydrogens (tertiary/aromatic N) is 2. The fourth-order valence-corrected chi connectivity index (χ4v) is 2.85. The lowest BCUT2D eigenvalue weighted by Crippen LogP contribution is -2.23. The Morgan fingerprint density at radius 2 is 2.06 bits per heavy atom. The van der Waals surface area contributed by atoms with Gasteiger partial charge in [-0.2, -0.15) is 0 Å². The number of hydrogen-bond donors (Lipinski definition) is 0. The third kappa shape index (κ3) is 2.04. The number of aryl methyl sites for hydroxylation is 1.